The number of nitrogens with one attached hydrogen (secondary N) is 1. The van der Waals surface area contributed by atoms with Gasteiger partial charge in [0.2, 0.25) is 5.91 Å². The number of nitrogen functional groups attached to an aromatic ring is 1. The maximum Gasteiger partial charge on any atom is 0.248 e. The number of primary amides is 1. The third kappa shape index (κ3) is 2.88. The summed E-state index contributed by atoms with van der Waals surface area (Å²) in [5, 5.41) is 0. The first-order valence-corrected chi connectivity index (χ1v) is 6.34. The summed E-state index contributed by atoms with van der Waals surface area (Å²) in [6, 6.07) is 7.14. The molecule has 0 radical (unpaired) electrons. The minimum absolute atomic E-state index is 0.0390. The highest BCUT2D eigenvalue weighted by Crippen LogP contribution is 2.19. The van der Waals surface area contributed by atoms with Crippen LogP contribution in [0.3, 0.4) is 0 Å². The van der Waals surface area contributed by atoms with Crippen LogP contribution in [-0.4, -0.2) is 16.7 Å². The van der Waals surface area contributed by atoms with E-state index in [0.717, 1.165) is 17.5 Å². The van der Waals surface area contributed by atoms with Crippen LogP contribution in [-0.2, 0) is 12.8 Å². The van der Waals surface area contributed by atoms with Gasteiger partial charge in [0, 0.05) is 11.8 Å². The van der Waals surface area contributed by atoms with Crippen molar-refractivity contribution in [3.8, 4) is 0 Å². The van der Waals surface area contributed by atoms with Crippen molar-refractivity contribution < 1.29 is 9.59 Å². The standard InChI is InChI=1S/C15H17N3O2/c1-9(19)13-12(8-18-14(13)16)7-4-10-2-5-11(6-3-10)15(17)20/h2-3,5-6,8,18H,4,7,16H2,1H3,(H2,17,20). The smallest absolute Gasteiger partial charge is 0.248 e. The molecule has 2 aromatic rings. The van der Waals surface area contributed by atoms with Crippen LogP contribution in [0.25, 0.3) is 0 Å². The molecule has 2 rings (SSSR count). The van der Waals surface area contributed by atoms with Crippen molar-refractivity contribution >= 4 is 17.5 Å². The van der Waals surface area contributed by atoms with E-state index in [1.807, 2.05) is 12.1 Å². The fraction of sp³-hybridized carbons (Fsp3) is 0.200. The number of ketones is 1. The van der Waals surface area contributed by atoms with Crippen molar-refractivity contribution in [1.82, 2.24) is 4.98 Å². The molecule has 5 nitrogen and oxygen atoms in total. The number of benzene rings is 1. The van der Waals surface area contributed by atoms with Crippen LogP contribution in [0.4, 0.5) is 5.82 Å². The minimum atomic E-state index is -0.436. The van der Waals surface area contributed by atoms with E-state index in [9.17, 15) is 9.59 Å². The summed E-state index contributed by atoms with van der Waals surface area (Å²) in [6.07, 6.45) is 3.24. The van der Waals surface area contributed by atoms with E-state index in [4.69, 9.17) is 11.5 Å². The van der Waals surface area contributed by atoms with Crippen molar-refractivity contribution in [1.29, 1.82) is 0 Å². The molecular weight excluding hydrogens is 254 g/mol. The molecule has 104 valence electrons. The molecule has 0 unspecified atom stereocenters. The third-order valence-electron chi connectivity index (χ3n) is 3.27. The Morgan fingerprint density at radius 2 is 1.80 bits per heavy atom. The predicted molar refractivity (Wildman–Crippen MR) is 77.6 cm³/mol. The van der Waals surface area contributed by atoms with Gasteiger partial charge in [0.15, 0.2) is 5.78 Å². The molecule has 20 heavy (non-hydrogen) atoms. The maximum absolute atomic E-state index is 11.5. The first kappa shape index (κ1) is 13.9. The second-order valence-corrected chi connectivity index (χ2v) is 4.72. The number of hydrogen-bond acceptors (Lipinski definition) is 3. The van der Waals surface area contributed by atoms with E-state index in [0.29, 0.717) is 23.4 Å². The predicted octanol–water partition coefficient (Wildman–Crippen LogP) is 1.68. The van der Waals surface area contributed by atoms with Crippen LogP contribution >= 0.6 is 0 Å². The molecule has 1 heterocycles. The maximum atomic E-state index is 11.5. The molecule has 0 atom stereocenters. The Kier molecular flexibility index (Phi) is 3.89. The number of Topliss-reactive ketones (excluding diaryl/α,β-unsaturated/α-hetero) is 1. The number of carbonyl (C=O) groups is 2. The molecule has 0 spiro atoms. The van der Waals surface area contributed by atoms with E-state index < -0.39 is 5.91 Å². The van der Waals surface area contributed by atoms with Gasteiger partial charge in [-0.05, 0) is 43.0 Å². The Hall–Kier alpha value is -2.56. The number of H-pyrrole nitrogens is 1. The van der Waals surface area contributed by atoms with Crippen molar-refractivity contribution in [2.24, 2.45) is 5.73 Å². The lowest BCUT2D eigenvalue weighted by Crippen LogP contribution is -2.10. The van der Waals surface area contributed by atoms with Gasteiger partial charge in [-0.25, -0.2) is 0 Å². The minimum Gasteiger partial charge on any atom is -0.385 e. The van der Waals surface area contributed by atoms with E-state index in [1.54, 1.807) is 18.3 Å². The van der Waals surface area contributed by atoms with Gasteiger partial charge < -0.3 is 16.5 Å². The topological polar surface area (TPSA) is 102 Å². The number of aryl methyl sites for hydroxylation is 2. The zero-order valence-corrected chi connectivity index (χ0v) is 11.3. The summed E-state index contributed by atoms with van der Waals surface area (Å²) in [5.74, 6) is -0.0618. The van der Waals surface area contributed by atoms with Crippen molar-refractivity contribution in [3.63, 3.8) is 0 Å². The largest absolute Gasteiger partial charge is 0.385 e. The van der Waals surface area contributed by atoms with Crippen molar-refractivity contribution in [2.75, 3.05) is 5.73 Å². The van der Waals surface area contributed by atoms with Crippen LogP contribution in [0.1, 0.15) is 38.8 Å². The molecule has 1 amide bonds. The highest BCUT2D eigenvalue weighted by molar-refractivity contribution is 6.00. The first-order chi connectivity index (χ1) is 9.49. The van der Waals surface area contributed by atoms with Crippen molar-refractivity contribution in [2.45, 2.75) is 19.8 Å². The number of aromatic amines is 1. The Morgan fingerprint density at radius 1 is 1.15 bits per heavy atom. The lowest BCUT2D eigenvalue weighted by atomic mass is 10.0. The molecule has 5 N–H and O–H groups in total. The number of carbonyl (C=O) groups excluding carboxylic acids is 2. The number of amides is 1. The molecular formula is C15H17N3O2. The highest BCUT2D eigenvalue weighted by Gasteiger charge is 2.13. The zero-order chi connectivity index (χ0) is 14.7. The van der Waals surface area contributed by atoms with Crippen LogP contribution in [0, 0.1) is 0 Å². The fourth-order valence-corrected chi connectivity index (χ4v) is 2.21. The fourth-order valence-electron chi connectivity index (χ4n) is 2.21. The second-order valence-electron chi connectivity index (χ2n) is 4.72. The summed E-state index contributed by atoms with van der Waals surface area (Å²) >= 11 is 0. The quantitative estimate of drug-likeness (QED) is 0.721. The molecule has 0 fully saturated rings. The average molecular weight is 271 g/mol. The number of rotatable bonds is 5. The lowest BCUT2D eigenvalue weighted by molar-refractivity contribution is 0.0996. The van der Waals surface area contributed by atoms with Gasteiger partial charge in [-0.1, -0.05) is 12.1 Å². The zero-order valence-electron chi connectivity index (χ0n) is 11.3. The van der Waals surface area contributed by atoms with Gasteiger partial charge in [0.05, 0.1) is 5.56 Å². The van der Waals surface area contributed by atoms with Crippen molar-refractivity contribution in [3.05, 3.63) is 52.7 Å². The van der Waals surface area contributed by atoms with Crippen LogP contribution in [0.5, 0.6) is 0 Å². The normalized spacial score (nSPS) is 10.4. The molecule has 0 saturated heterocycles. The van der Waals surface area contributed by atoms with Gasteiger partial charge in [0.1, 0.15) is 5.82 Å². The Bertz CT molecular complexity index is 642. The van der Waals surface area contributed by atoms with E-state index >= 15 is 0 Å². The molecule has 0 aliphatic heterocycles. The molecule has 0 aliphatic carbocycles. The average Bonchev–Trinajstić information content (AvgIpc) is 2.78. The molecule has 1 aromatic carbocycles. The molecule has 0 saturated carbocycles. The first-order valence-electron chi connectivity index (χ1n) is 6.34. The van der Waals surface area contributed by atoms with Gasteiger partial charge in [-0.2, -0.15) is 0 Å². The summed E-state index contributed by atoms with van der Waals surface area (Å²) in [6.45, 7) is 1.50. The molecule has 0 aliphatic rings. The monoisotopic (exact) mass is 271 g/mol. The van der Waals surface area contributed by atoms with Crippen LogP contribution < -0.4 is 11.5 Å². The third-order valence-corrected chi connectivity index (χ3v) is 3.27. The SMILES string of the molecule is CC(=O)c1c(CCc2ccc(C(N)=O)cc2)c[nH]c1N. The molecule has 0 bridgehead atoms. The molecule has 1 aromatic heterocycles. The number of anilines is 1. The van der Waals surface area contributed by atoms with E-state index in [1.165, 1.54) is 6.92 Å². The van der Waals surface area contributed by atoms with Gasteiger partial charge in [-0.15, -0.1) is 0 Å². The number of aromatic nitrogens is 1. The Labute approximate surface area is 117 Å². The Balaban J connectivity index is 2.09. The van der Waals surface area contributed by atoms with E-state index in [2.05, 4.69) is 4.98 Å². The highest BCUT2D eigenvalue weighted by atomic mass is 16.1. The summed E-state index contributed by atoms with van der Waals surface area (Å²) in [4.78, 5) is 25.4. The van der Waals surface area contributed by atoms with Gasteiger partial charge in [-0.3, -0.25) is 9.59 Å². The summed E-state index contributed by atoms with van der Waals surface area (Å²) < 4.78 is 0. The summed E-state index contributed by atoms with van der Waals surface area (Å²) in [7, 11) is 0. The van der Waals surface area contributed by atoms with Crippen LogP contribution in [0.15, 0.2) is 30.5 Å². The van der Waals surface area contributed by atoms with Crippen LogP contribution in [0.2, 0.25) is 0 Å². The molecule has 5 heteroatoms. The van der Waals surface area contributed by atoms with Gasteiger partial charge >= 0.3 is 0 Å². The summed E-state index contributed by atoms with van der Waals surface area (Å²) in [5.41, 5.74) is 14.0. The second kappa shape index (κ2) is 5.61. The van der Waals surface area contributed by atoms with E-state index in [-0.39, 0.29) is 5.78 Å². The number of nitrogens with two attached hydrogens (primary N) is 2. The Morgan fingerprint density at radius 3 is 2.35 bits per heavy atom. The van der Waals surface area contributed by atoms with Gasteiger partial charge in [0.25, 0.3) is 0 Å². The lowest BCUT2D eigenvalue weighted by Gasteiger charge is -2.03. The number of hydrogen-bond donors (Lipinski definition) is 3.